The number of hydrazine groups is 1. The largest absolute Gasteiger partial charge is 0.405 e. The fourth-order valence-electron chi connectivity index (χ4n) is 2.05. The number of alkyl halides is 3. The van der Waals surface area contributed by atoms with Crippen LogP contribution in [0.25, 0.3) is 0 Å². The van der Waals surface area contributed by atoms with Gasteiger partial charge in [-0.05, 0) is 32.4 Å². The lowest BCUT2D eigenvalue weighted by Gasteiger charge is -2.18. The Balaban J connectivity index is 3.10. The average Bonchev–Trinajstić information content (AvgIpc) is 2.50. The van der Waals surface area contributed by atoms with E-state index < -0.39 is 33.0 Å². The van der Waals surface area contributed by atoms with Crippen LogP contribution >= 0.6 is 23.2 Å². The number of halogens is 5. The standard InChI is InChI=1S/C15H20Cl2F3N3O3S/c1-4-5-8(2)23-27(25,26)13-6-10(11(16)7-12(13)17)14(24)22-21-9(3)15(18,19)20/h6-9,21,23H,4-5H2,1-3H3,(H,22,24). The summed E-state index contributed by atoms with van der Waals surface area (Å²) in [4.78, 5) is 11.7. The molecule has 1 aromatic rings. The van der Waals surface area contributed by atoms with Crippen molar-refractivity contribution in [3.05, 3.63) is 27.7 Å². The van der Waals surface area contributed by atoms with Gasteiger partial charge in [-0.3, -0.25) is 10.2 Å². The summed E-state index contributed by atoms with van der Waals surface area (Å²) in [6, 6.07) is -0.434. The highest BCUT2D eigenvalue weighted by Crippen LogP contribution is 2.29. The SMILES string of the molecule is CCCC(C)NS(=O)(=O)c1cc(C(=O)NNC(C)C(F)(F)F)c(Cl)cc1Cl. The molecular formula is C15H20Cl2F3N3O3S. The van der Waals surface area contributed by atoms with E-state index in [9.17, 15) is 26.4 Å². The molecule has 0 radical (unpaired) electrons. The van der Waals surface area contributed by atoms with Gasteiger partial charge in [0.25, 0.3) is 5.91 Å². The molecule has 27 heavy (non-hydrogen) atoms. The van der Waals surface area contributed by atoms with Crippen molar-refractivity contribution >= 4 is 39.1 Å². The number of rotatable bonds is 8. The van der Waals surface area contributed by atoms with E-state index in [0.717, 1.165) is 25.5 Å². The second-order valence-corrected chi connectivity index (χ2v) is 8.43. The van der Waals surface area contributed by atoms with Crippen molar-refractivity contribution in [3.63, 3.8) is 0 Å². The Morgan fingerprint density at radius 3 is 2.30 bits per heavy atom. The number of benzene rings is 1. The Morgan fingerprint density at radius 2 is 1.78 bits per heavy atom. The van der Waals surface area contributed by atoms with Crippen LogP contribution in [0.5, 0.6) is 0 Å². The van der Waals surface area contributed by atoms with Gasteiger partial charge in [0.1, 0.15) is 10.9 Å². The van der Waals surface area contributed by atoms with E-state index >= 15 is 0 Å². The van der Waals surface area contributed by atoms with Crippen LogP contribution in [-0.4, -0.2) is 32.6 Å². The summed E-state index contributed by atoms with van der Waals surface area (Å²) >= 11 is 11.8. The third kappa shape index (κ3) is 6.79. The smallest absolute Gasteiger partial charge is 0.287 e. The molecule has 0 aliphatic rings. The average molecular weight is 450 g/mol. The molecule has 0 saturated carbocycles. The van der Waals surface area contributed by atoms with E-state index in [1.54, 1.807) is 12.3 Å². The number of hydrogen-bond donors (Lipinski definition) is 3. The van der Waals surface area contributed by atoms with Crippen LogP contribution in [0, 0.1) is 0 Å². The lowest BCUT2D eigenvalue weighted by atomic mass is 10.2. The molecule has 0 aromatic heterocycles. The second kappa shape index (κ2) is 9.42. The fourth-order valence-corrected chi connectivity index (χ4v) is 4.19. The Labute approximate surface area is 165 Å². The van der Waals surface area contributed by atoms with Gasteiger partial charge in [-0.25, -0.2) is 18.6 Å². The molecule has 6 nitrogen and oxygen atoms in total. The summed E-state index contributed by atoms with van der Waals surface area (Å²) in [5.74, 6) is -1.04. The summed E-state index contributed by atoms with van der Waals surface area (Å²) in [6.07, 6.45) is -3.25. The number of carbonyl (C=O) groups excluding carboxylic acids is 1. The highest BCUT2D eigenvalue weighted by Gasteiger charge is 2.36. The third-order valence-corrected chi connectivity index (χ3v) is 5.89. The zero-order valence-electron chi connectivity index (χ0n) is 14.7. The highest BCUT2D eigenvalue weighted by molar-refractivity contribution is 7.89. The van der Waals surface area contributed by atoms with Crippen molar-refractivity contribution < 1.29 is 26.4 Å². The molecule has 2 unspecified atom stereocenters. The lowest BCUT2D eigenvalue weighted by molar-refractivity contribution is -0.153. The van der Waals surface area contributed by atoms with Crippen molar-refractivity contribution in [3.8, 4) is 0 Å². The van der Waals surface area contributed by atoms with E-state index in [2.05, 4.69) is 4.72 Å². The van der Waals surface area contributed by atoms with Gasteiger partial charge in [0.2, 0.25) is 10.0 Å². The molecule has 0 heterocycles. The monoisotopic (exact) mass is 449 g/mol. The number of nitrogens with one attached hydrogen (secondary N) is 3. The van der Waals surface area contributed by atoms with Gasteiger partial charge in [0.15, 0.2) is 0 Å². The van der Waals surface area contributed by atoms with Gasteiger partial charge in [0, 0.05) is 6.04 Å². The van der Waals surface area contributed by atoms with Crippen molar-refractivity contribution in [2.24, 2.45) is 0 Å². The first kappa shape index (κ1) is 24.0. The zero-order chi connectivity index (χ0) is 21.0. The molecule has 12 heteroatoms. The van der Waals surface area contributed by atoms with Gasteiger partial charge >= 0.3 is 6.18 Å². The van der Waals surface area contributed by atoms with Crippen molar-refractivity contribution in [2.75, 3.05) is 0 Å². The molecule has 0 fully saturated rings. The molecule has 1 rings (SSSR count). The van der Waals surface area contributed by atoms with Crippen molar-refractivity contribution in [2.45, 2.75) is 56.8 Å². The third-order valence-electron chi connectivity index (χ3n) is 3.53. The van der Waals surface area contributed by atoms with Crippen LogP contribution in [0.15, 0.2) is 17.0 Å². The predicted molar refractivity (Wildman–Crippen MR) is 97.3 cm³/mol. The molecule has 0 spiro atoms. The van der Waals surface area contributed by atoms with Crippen molar-refractivity contribution in [1.82, 2.24) is 15.6 Å². The minimum absolute atomic E-state index is 0.209. The Bertz CT molecular complexity index is 788. The number of hydrogen-bond acceptors (Lipinski definition) is 4. The molecule has 1 aromatic carbocycles. The first-order valence-electron chi connectivity index (χ1n) is 7.93. The van der Waals surface area contributed by atoms with Gasteiger partial charge in [-0.1, -0.05) is 36.5 Å². The van der Waals surface area contributed by atoms with Crippen LogP contribution in [-0.2, 0) is 10.0 Å². The van der Waals surface area contributed by atoms with Crippen LogP contribution in [0.4, 0.5) is 13.2 Å². The fraction of sp³-hybridized carbons (Fsp3) is 0.533. The van der Waals surface area contributed by atoms with E-state index in [-0.39, 0.29) is 21.7 Å². The normalized spacial score (nSPS) is 14.7. The highest BCUT2D eigenvalue weighted by atomic mass is 35.5. The maximum atomic E-state index is 12.5. The van der Waals surface area contributed by atoms with Crippen LogP contribution in [0.3, 0.4) is 0 Å². The molecule has 3 N–H and O–H groups in total. The van der Waals surface area contributed by atoms with E-state index in [1.165, 1.54) is 0 Å². The molecule has 1 amide bonds. The molecule has 154 valence electrons. The maximum Gasteiger partial charge on any atom is 0.405 e. The molecule has 0 aliphatic carbocycles. The minimum atomic E-state index is -4.58. The summed E-state index contributed by atoms with van der Waals surface area (Å²) in [5.41, 5.74) is 3.30. The molecule has 0 bridgehead atoms. The number of amides is 1. The molecule has 0 saturated heterocycles. The Kier molecular flexibility index (Phi) is 8.36. The first-order valence-corrected chi connectivity index (χ1v) is 10.2. The summed E-state index contributed by atoms with van der Waals surface area (Å²) in [5, 5.41) is -0.427. The molecular weight excluding hydrogens is 430 g/mol. The van der Waals surface area contributed by atoms with Crippen LogP contribution in [0.2, 0.25) is 10.0 Å². The number of sulfonamides is 1. The van der Waals surface area contributed by atoms with E-state index in [4.69, 9.17) is 23.2 Å². The van der Waals surface area contributed by atoms with Gasteiger partial charge in [-0.15, -0.1) is 0 Å². The predicted octanol–water partition coefficient (Wildman–Crippen LogP) is 3.65. The lowest BCUT2D eigenvalue weighted by Crippen LogP contribution is -2.49. The Morgan fingerprint density at radius 1 is 1.19 bits per heavy atom. The zero-order valence-corrected chi connectivity index (χ0v) is 17.1. The van der Waals surface area contributed by atoms with E-state index in [0.29, 0.717) is 6.42 Å². The topological polar surface area (TPSA) is 87.3 Å². The van der Waals surface area contributed by atoms with Crippen LogP contribution < -0.4 is 15.6 Å². The molecule has 0 aliphatic heterocycles. The van der Waals surface area contributed by atoms with E-state index in [1.807, 2.05) is 12.3 Å². The second-order valence-electron chi connectivity index (χ2n) is 5.94. The Hall–Kier alpha value is -1.07. The maximum absolute atomic E-state index is 12.5. The van der Waals surface area contributed by atoms with Crippen LogP contribution in [0.1, 0.15) is 44.0 Å². The minimum Gasteiger partial charge on any atom is -0.287 e. The quantitative estimate of drug-likeness (QED) is 0.528. The summed E-state index contributed by atoms with van der Waals surface area (Å²) in [7, 11) is -4.06. The summed E-state index contributed by atoms with van der Waals surface area (Å²) < 4.78 is 64.9. The van der Waals surface area contributed by atoms with Gasteiger partial charge in [0.05, 0.1) is 15.6 Å². The van der Waals surface area contributed by atoms with Gasteiger partial charge in [-0.2, -0.15) is 13.2 Å². The number of carbonyl (C=O) groups is 1. The molecule has 2 atom stereocenters. The first-order chi connectivity index (χ1) is 12.3. The van der Waals surface area contributed by atoms with Crippen molar-refractivity contribution in [1.29, 1.82) is 0 Å². The van der Waals surface area contributed by atoms with Gasteiger partial charge < -0.3 is 0 Å². The summed E-state index contributed by atoms with van der Waals surface area (Å²) in [6.45, 7) is 4.36.